The van der Waals surface area contributed by atoms with Crippen molar-refractivity contribution in [2.24, 2.45) is 0 Å². The Labute approximate surface area is 145 Å². The summed E-state index contributed by atoms with van der Waals surface area (Å²) in [6.45, 7) is 13.8. The molecule has 0 heterocycles. The van der Waals surface area contributed by atoms with Crippen LogP contribution in [0.5, 0.6) is 0 Å². The maximum absolute atomic E-state index is 10.0. The SMILES string of the molecule is C=C/C(C)=C(\C=C)OCC(O)CNC(C)CNCc1ccccc1. The van der Waals surface area contributed by atoms with E-state index in [0.29, 0.717) is 12.3 Å². The van der Waals surface area contributed by atoms with E-state index < -0.39 is 6.10 Å². The number of aliphatic hydroxyl groups is 1. The van der Waals surface area contributed by atoms with Crippen molar-refractivity contribution in [2.45, 2.75) is 32.5 Å². The van der Waals surface area contributed by atoms with E-state index in [2.05, 4.69) is 42.8 Å². The third-order valence-electron chi connectivity index (χ3n) is 3.64. The molecule has 1 aromatic carbocycles. The molecule has 0 radical (unpaired) electrons. The summed E-state index contributed by atoms with van der Waals surface area (Å²) in [5.74, 6) is 0.654. The molecule has 0 aliphatic carbocycles. The van der Waals surface area contributed by atoms with Gasteiger partial charge in [-0.3, -0.25) is 0 Å². The number of ether oxygens (including phenoxy) is 1. The van der Waals surface area contributed by atoms with Crippen molar-refractivity contribution in [3.05, 3.63) is 72.5 Å². The van der Waals surface area contributed by atoms with Crippen molar-refractivity contribution in [1.82, 2.24) is 10.6 Å². The van der Waals surface area contributed by atoms with Crippen LogP contribution in [-0.2, 0) is 11.3 Å². The van der Waals surface area contributed by atoms with Crippen LogP contribution in [0.1, 0.15) is 19.4 Å². The van der Waals surface area contributed by atoms with E-state index >= 15 is 0 Å². The topological polar surface area (TPSA) is 53.5 Å². The largest absolute Gasteiger partial charge is 0.491 e. The van der Waals surface area contributed by atoms with Gasteiger partial charge in [-0.05, 0) is 31.1 Å². The molecule has 0 bridgehead atoms. The van der Waals surface area contributed by atoms with Crippen molar-refractivity contribution < 1.29 is 9.84 Å². The number of hydrogen-bond donors (Lipinski definition) is 3. The molecule has 4 nitrogen and oxygen atoms in total. The van der Waals surface area contributed by atoms with Crippen molar-refractivity contribution >= 4 is 0 Å². The quantitative estimate of drug-likeness (QED) is 0.407. The molecule has 24 heavy (non-hydrogen) atoms. The first-order valence-electron chi connectivity index (χ1n) is 8.31. The molecule has 4 heteroatoms. The van der Waals surface area contributed by atoms with E-state index in [1.54, 1.807) is 12.2 Å². The molecule has 0 aliphatic heterocycles. The second kappa shape index (κ2) is 11.6. The van der Waals surface area contributed by atoms with Gasteiger partial charge in [0, 0.05) is 25.7 Å². The summed E-state index contributed by atoms with van der Waals surface area (Å²) < 4.78 is 5.56. The van der Waals surface area contributed by atoms with E-state index in [4.69, 9.17) is 4.74 Å². The van der Waals surface area contributed by atoms with Gasteiger partial charge in [0.15, 0.2) is 0 Å². The average molecular weight is 330 g/mol. The lowest BCUT2D eigenvalue weighted by molar-refractivity contribution is 0.0729. The monoisotopic (exact) mass is 330 g/mol. The van der Waals surface area contributed by atoms with Gasteiger partial charge in [-0.15, -0.1) is 0 Å². The van der Waals surface area contributed by atoms with Crippen LogP contribution < -0.4 is 10.6 Å². The number of benzene rings is 1. The summed E-state index contributed by atoms with van der Waals surface area (Å²) in [5.41, 5.74) is 2.17. The highest BCUT2D eigenvalue weighted by Gasteiger charge is 2.09. The Bertz CT molecular complexity index is 526. The molecule has 3 N–H and O–H groups in total. The predicted octanol–water partition coefficient (Wildman–Crippen LogP) is 2.78. The van der Waals surface area contributed by atoms with E-state index in [0.717, 1.165) is 18.7 Å². The Kier molecular flexibility index (Phi) is 9.77. The second-order valence-electron chi connectivity index (χ2n) is 5.85. The summed E-state index contributed by atoms with van der Waals surface area (Å²) in [6.07, 6.45) is 2.77. The molecule has 1 aromatic rings. The lowest BCUT2D eigenvalue weighted by Gasteiger charge is -2.18. The number of rotatable bonds is 12. The Morgan fingerprint density at radius 2 is 1.92 bits per heavy atom. The standard InChI is InChI=1S/C20H30N2O2/c1-5-16(3)20(6-2)24-15-19(23)14-22-17(4)12-21-13-18-10-8-7-9-11-18/h5-11,17,19,21-23H,1-2,12-15H2,3-4H3/b20-16+. The Morgan fingerprint density at radius 3 is 2.54 bits per heavy atom. The summed E-state index contributed by atoms with van der Waals surface area (Å²) >= 11 is 0. The highest BCUT2D eigenvalue weighted by molar-refractivity contribution is 5.24. The fourth-order valence-corrected chi connectivity index (χ4v) is 2.12. The number of aliphatic hydroxyl groups excluding tert-OH is 1. The third-order valence-corrected chi connectivity index (χ3v) is 3.64. The zero-order chi connectivity index (χ0) is 17.8. The molecule has 2 atom stereocenters. The summed E-state index contributed by atoms with van der Waals surface area (Å²) in [5, 5.41) is 16.7. The van der Waals surface area contributed by atoms with Gasteiger partial charge in [0.1, 0.15) is 18.5 Å². The molecule has 2 unspecified atom stereocenters. The first kappa shape index (κ1) is 20.2. The Morgan fingerprint density at radius 1 is 1.21 bits per heavy atom. The minimum atomic E-state index is -0.575. The Hall–Kier alpha value is -1.88. The maximum Gasteiger partial charge on any atom is 0.121 e. The minimum absolute atomic E-state index is 0.226. The zero-order valence-electron chi connectivity index (χ0n) is 14.8. The minimum Gasteiger partial charge on any atom is -0.491 e. The molecule has 0 aliphatic rings. The molecule has 0 fully saturated rings. The van der Waals surface area contributed by atoms with Crippen LogP contribution >= 0.6 is 0 Å². The van der Waals surface area contributed by atoms with Crippen LogP contribution in [0.15, 0.2) is 67.0 Å². The van der Waals surface area contributed by atoms with Crippen LogP contribution in [0.3, 0.4) is 0 Å². The maximum atomic E-state index is 10.0. The summed E-state index contributed by atoms with van der Waals surface area (Å²) in [6, 6.07) is 10.5. The molecule has 0 saturated heterocycles. The van der Waals surface area contributed by atoms with Crippen LogP contribution in [0.25, 0.3) is 0 Å². The first-order valence-corrected chi connectivity index (χ1v) is 8.31. The molecule has 0 saturated carbocycles. The van der Waals surface area contributed by atoms with Gasteiger partial charge in [-0.25, -0.2) is 0 Å². The third kappa shape index (κ3) is 8.11. The predicted molar refractivity (Wildman–Crippen MR) is 101 cm³/mol. The highest BCUT2D eigenvalue weighted by Crippen LogP contribution is 2.08. The van der Waals surface area contributed by atoms with Crippen molar-refractivity contribution in [2.75, 3.05) is 19.7 Å². The van der Waals surface area contributed by atoms with Gasteiger partial charge in [0.05, 0.1) is 0 Å². The number of hydrogen-bond acceptors (Lipinski definition) is 4. The van der Waals surface area contributed by atoms with E-state index in [1.165, 1.54) is 5.56 Å². The van der Waals surface area contributed by atoms with E-state index in [1.807, 2.05) is 25.1 Å². The van der Waals surface area contributed by atoms with E-state index in [9.17, 15) is 5.11 Å². The van der Waals surface area contributed by atoms with Gasteiger partial charge in [-0.1, -0.05) is 49.6 Å². The first-order chi connectivity index (χ1) is 11.6. The molecule has 1 rings (SSSR count). The van der Waals surface area contributed by atoms with Crippen molar-refractivity contribution in [3.8, 4) is 0 Å². The molecule has 0 spiro atoms. The molecular formula is C20H30N2O2. The fourth-order valence-electron chi connectivity index (χ4n) is 2.12. The van der Waals surface area contributed by atoms with E-state index in [-0.39, 0.29) is 12.6 Å². The normalized spacial score (nSPS) is 14.5. The highest BCUT2D eigenvalue weighted by atomic mass is 16.5. The lowest BCUT2D eigenvalue weighted by atomic mass is 10.2. The Balaban J connectivity index is 2.20. The summed E-state index contributed by atoms with van der Waals surface area (Å²) in [4.78, 5) is 0. The van der Waals surface area contributed by atoms with Crippen LogP contribution in [0.2, 0.25) is 0 Å². The molecule has 132 valence electrons. The summed E-state index contributed by atoms with van der Waals surface area (Å²) in [7, 11) is 0. The van der Waals surface area contributed by atoms with Crippen LogP contribution in [-0.4, -0.2) is 36.9 Å². The number of nitrogens with one attached hydrogen (secondary N) is 2. The van der Waals surface area contributed by atoms with Gasteiger partial charge < -0.3 is 20.5 Å². The van der Waals surface area contributed by atoms with Crippen molar-refractivity contribution in [3.63, 3.8) is 0 Å². The van der Waals surface area contributed by atoms with Crippen LogP contribution in [0, 0.1) is 0 Å². The zero-order valence-corrected chi connectivity index (χ0v) is 14.8. The lowest BCUT2D eigenvalue weighted by Crippen LogP contribution is -2.41. The van der Waals surface area contributed by atoms with Gasteiger partial charge in [-0.2, -0.15) is 0 Å². The van der Waals surface area contributed by atoms with Crippen molar-refractivity contribution in [1.29, 1.82) is 0 Å². The van der Waals surface area contributed by atoms with Crippen LogP contribution in [0.4, 0.5) is 0 Å². The molecular weight excluding hydrogens is 300 g/mol. The molecule has 0 aromatic heterocycles. The molecule has 0 amide bonds. The smallest absolute Gasteiger partial charge is 0.121 e. The van der Waals surface area contributed by atoms with Gasteiger partial charge in [0.25, 0.3) is 0 Å². The average Bonchev–Trinajstić information content (AvgIpc) is 2.61. The second-order valence-corrected chi connectivity index (χ2v) is 5.85. The van der Waals surface area contributed by atoms with Gasteiger partial charge >= 0.3 is 0 Å². The number of allylic oxidation sites excluding steroid dienone is 3. The fraction of sp³-hybridized carbons (Fsp3) is 0.400. The van der Waals surface area contributed by atoms with Gasteiger partial charge in [0.2, 0.25) is 0 Å².